The van der Waals surface area contributed by atoms with Crippen LogP contribution in [0.4, 0.5) is 48.4 Å². The summed E-state index contributed by atoms with van der Waals surface area (Å²) in [6, 6.07) is 9.38. The number of rotatable bonds is 4. The number of halogens is 6. The standard InChI is InChI=1S/C23H16F6N4O3/c1-35-17-7-6-16(18-19(17)33-36-20(18)30)11-2-4-14(5-3-11)31-21(34)32-15-9-12(22(24,25)26)8-13(10-15)23(27,28)29/h2-10H,30H2,1H3,(H2,31,32,34). The summed E-state index contributed by atoms with van der Waals surface area (Å²) in [5.74, 6) is 0.521. The predicted octanol–water partition coefficient (Wildman–Crippen LogP) is 6.77. The molecule has 2 amide bonds. The Kier molecular flexibility index (Phi) is 6.16. The number of carbonyl (C=O) groups excluding carboxylic acids is 1. The smallest absolute Gasteiger partial charge is 0.416 e. The summed E-state index contributed by atoms with van der Waals surface area (Å²) in [6.07, 6.45) is -10.1. The van der Waals surface area contributed by atoms with Gasteiger partial charge in [-0.05, 0) is 53.6 Å². The number of aromatic nitrogens is 1. The molecule has 0 radical (unpaired) electrons. The molecule has 36 heavy (non-hydrogen) atoms. The molecule has 0 bridgehead atoms. The van der Waals surface area contributed by atoms with Crippen molar-refractivity contribution in [2.75, 3.05) is 23.5 Å². The quantitative estimate of drug-likeness (QED) is 0.263. The third kappa shape index (κ3) is 4.99. The van der Waals surface area contributed by atoms with Crippen molar-refractivity contribution < 1.29 is 40.4 Å². The van der Waals surface area contributed by atoms with E-state index in [2.05, 4.69) is 10.5 Å². The van der Waals surface area contributed by atoms with Gasteiger partial charge in [0, 0.05) is 11.4 Å². The Hall–Kier alpha value is -4.42. The van der Waals surface area contributed by atoms with Crippen molar-refractivity contribution in [1.82, 2.24) is 5.16 Å². The molecule has 0 aliphatic carbocycles. The Morgan fingerprint density at radius 1 is 0.889 bits per heavy atom. The Labute approximate surface area is 198 Å². The Balaban J connectivity index is 1.55. The number of methoxy groups -OCH3 is 1. The molecule has 0 spiro atoms. The van der Waals surface area contributed by atoms with Gasteiger partial charge < -0.3 is 25.6 Å². The van der Waals surface area contributed by atoms with Crippen LogP contribution in [0.15, 0.2) is 59.1 Å². The number of nitrogens with one attached hydrogen (secondary N) is 2. The van der Waals surface area contributed by atoms with E-state index in [9.17, 15) is 31.1 Å². The highest BCUT2D eigenvalue weighted by atomic mass is 19.4. The first-order chi connectivity index (χ1) is 16.9. The van der Waals surface area contributed by atoms with Crippen LogP contribution in [0.1, 0.15) is 11.1 Å². The normalized spacial score (nSPS) is 12.0. The molecule has 4 rings (SSSR count). The highest BCUT2D eigenvalue weighted by Gasteiger charge is 2.37. The van der Waals surface area contributed by atoms with Crippen molar-refractivity contribution in [3.63, 3.8) is 0 Å². The van der Waals surface area contributed by atoms with Gasteiger partial charge in [-0.15, -0.1) is 0 Å². The number of benzene rings is 3. The first kappa shape index (κ1) is 24.7. The number of nitrogens with two attached hydrogens (primary N) is 1. The highest BCUT2D eigenvalue weighted by Crippen LogP contribution is 2.39. The Morgan fingerprint density at radius 2 is 1.47 bits per heavy atom. The van der Waals surface area contributed by atoms with Gasteiger partial charge in [0.05, 0.1) is 23.6 Å². The molecule has 0 unspecified atom stereocenters. The van der Waals surface area contributed by atoms with E-state index < -0.39 is 35.2 Å². The van der Waals surface area contributed by atoms with E-state index in [-0.39, 0.29) is 17.6 Å². The van der Waals surface area contributed by atoms with E-state index >= 15 is 0 Å². The lowest BCUT2D eigenvalue weighted by molar-refractivity contribution is -0.143. The number of fused-ring (bicyclic) bond motifs is 1. The minimum absolute atomic E-state index is 0.0275. The van der Waals surface area contributed by atoms with Crippen molar-refractivity contribution in [3.8, 4) is 16.9 Å². The maximum Gasteiger partial charge on any atom is 0.416 e. The number of carbonyl (C=O) groups is 1. The molecule has 0 saturated heterocycles. The lowest BCUT2D eigenvalue weighted by Gasteiger charge is -2.15. The number of urea groups is 1. The second kappa shape index (κ2) is 8.98. The summed E-state index contributed by atoms with van der Waals surface area (Å²) in [7, 11) is 1.47. The van der Waals surface area contributed by atoms with E-state index in [1.54, 1.807) is 24.3 Å². The average Bonchev–Trinajstić information content (AvgIpc) is 3.19. The van der Waals surface area contributed by atoms with Crippen molar-refractivity contribution >= 4 is 34.2 Å². The van der Waals surface area contributed by atoms with E-state index in [4.69, 9.17) is 15.0 Å². The van der Waals surface area contributed by atoms with Crippen LogP contribution in [-0.4, -0.2) is 18.3 Å². The topological polar surface area (TPSA) is 102 Å². The van der Waals surface area contributed by atoms with Crippen LogP contribution in [0.5, 0.6) is 5.75 Å². The Morgan fingerprint density at radius 3 is 2.03 bits per heavy atom. The van der Waals surface area contributed by atoms with E-state index in [1.165, 1.54) is 19.2 Å². The van der Waals surface area contributed by atoms with Gasteiger partial charge in [-0.1, -0.05) is 17.3 Å². The fourth-order valence-corrected chi connectivity index (χ4v) is 3.51. The second-order valence-electron chi connectivity index (χ2n) is 7.54. The van der Waals surface area contributed by atoms with Gasteiger partial charge in [0.25, 0.3) is 0 Å². The third-order valence-corrected chi connectivity index (χ3v) is 5.14. The molecular formula is C23H16F6N4O3. The molecule has 0 fully saturated rings. The fraction of sp³-hybridized carbons (Fsp3) is 0.130. The molecule has 13 heteroatoms. The molecule has 7 nitrogen and oxygen atoms in total. The third-order valence-electron chi connectivity index (χ3n) is 5.14. The molecule has 1 aromatic heterocycles. The Bertz CT molecular complexity index is 1400. The van der Waals surface area contributed by atoms with Gasteiger partial charge in [0.2, 0.25) is 5.88 Å². The lowest BCUT2D eigenvalue weighted by Crippen LogP contribution is -2.20. The number of anilines is 3. The van der Waals surface area contributed by atoms with Crippen LogP contribution < -0.4 is 21.1 Å². The zero-order chi connectivity index (χ0) is 26.3. The number of amides is 2. The summed E-state index contributed by atoms with van der Waals surface area (Å²) in [6.45, 7) is 0. The van der Waals surface area contributed by atoms with E-state index in [0.29, 0.717) is 39.9 Å². The van der Waals surface area contributed by atoms with E-state index in [1.807, 2.05) is 5.32 Å². The highest BCUT2D eigenvalue weighted by molar-refractivity contribution is 6.04. The number of hydrogen-bond acceptors (Lipinski definition) is 5. The molecule has 0 atom stereocenters. The number of alkyl halides is 6. The van der Waals surface area contributed by atoms with Crippen molar-refractivity contribution in [2.24, 2.45) is 0 Å². The molecule has 4 aromatic rings. The van der Waals surface area contributed by atoms with Gasteiger partial charge in [0.15, 0.2) is 5.52 Å². The minimum Gasteiger partial charge on any atom is -0.494 e. The van der Waals surface area contributed by atoms with Crippen LogP contribution in [-0.2, 0) is 12.4 Å². The zero-order valence-corrected chi connectivity index (χ0v) is 18.2. The van der Waals surface area contributed by atoms with Crippen molar-refractivity contribution in [1.29, 1.82) is 0 Å². The molecule has 3 aromatic carbocycles. The molecule has 4 N–H and O–H groups in total. The van der Waals surface area contributed by atoms with Gasteiger partial charge >= 0.3 is 18.4 Å². The molecule has 0 saturated carbocycles. The number of nitrogens with zero attached hydrogens (tertiary/aromatic N) is 1. The number of hydrogen-bond donors (Lipinski definition) is 3. The molecule has 0 aliphatic heterocycles. The van der Waals surface area contributed by atoms with Crippen LogP contribution in [0.25, 0.3) is 22.0 Å². The SMILES string of the molecule is COc1ccc(-c2ccc(NC(=O)Nc3cc(C(F)(F)F)cc(C(F)(F)F)c3)cc2)c2c(N)onc12. The molecule has 0 aliphatic rings. The maximum atomic E-state index is 13.0. The summed E-state index contributed by atoms with van der Waals surface area (Å²) >= 11 is 0. The van der Waals surface area contributed by atoms with Crippen LogP contribution in [0.2, 0.25) is 0 Å². The first-order valence-electron chi connectivity index (χ1n) is 10.1. The molecule has 1 heterocycles. The van der Waals surface area contributed by atoms with Gasteiger partial charge in [0.1, 0.15) is 5.75 Å². The van der Waals surface area contributed by atoms with E-state index in [0.717, 1.165) is 0 Å². The maximum absolute atomic E-state index is 13.0. The monoisotopic (exact) mass is 510 g/mol. The molecule has 188 valence electrons. The van der Waals surface area contributed by atoms with Gasteiger partial charge in [-0.3, -0.25) is 0 Å². The fourth-order valence-electron chi connectivity index (χ4n) is 3.51. The summed E-state index contributed by atoms with van der Waals surface area (Å²) < 4.78 is 88.4. The second-order valence-corrected chi connectivity index (χ2v) is 7.54. The average molecular weight is 510 g/mol. The van der Waals surface area contributed by atoms with Crippen LogP contribution >= 0.6 is 0 Å². The predicted molar refractivity (Wildman–Crippen MR) is 119 cm³/mol. The number of nitrogen functional groups attached to an aromatic ring is 1. The summed E-state index contributed by atoms with van der Waals surface area (Å²) in [5.41, 5.74) is 4.08. The van der Waals surface area contributed by atoms with Gasteiger partial charge in [-0.2, -0.15) is 26.3 Å². The summed E-state index contributed by atoms with van der Waals surface area (Å²) in [5, 5.41) is 8.76. The number of ether oxygens (including phenoxy) is 1. The van der Waals surface area contributed by atoms with Gasteiger partial charge in [-0.25, -0.2) is 4.79 Å². The minimum atomic E-state index is -5.04. The lowest BCUT2D eigenvalue weighted by atomic mass is 10.0. The van der Waals surface area contributed by atoms with Crippen molar-refractivity contribution in [3.05, 3.63) is 65.7 Å². The van der Waals surface area contributed by atoms with Crippen LogP contribution in [0.3, 0.4) is 0 Å². The largest absolute Gasteiger partial charge is 0.494 e. The molecular weight excluding hydrogens is 494 g/mol. The van der Waals surface area contributed by atoms with Crippen LogP contribution in [0, 0.1) is 0 Å². The zero-order valence-electron chi connectivity index (χ0n) is 18.2. The first-order valence-corrected chi connectivity index (χ1v) is 10.1. The van der Waals surface area contributed by atoms with Crippen molar-refractivity contribution in [2.45, 2.75) is 12.4 Å². The summed E-state index contributed by atoms with van der Waals surface area (Å²) in [4.78, 5) is 12.3.